The Hall–Kier alpha value is -0.670. The fraction of sp³-hybridized carbons (Fsp3) is 0.583. The molecule has 0 amide bonds. The van der Waals surface area contributed by atoms with Crippen molar-refractivity contribution in [3.05, 3.63) is 29.8 Å². The molecule has 0 aliphatic rings. The molecule has 90 valence electrons. The van der Waals surface area contributed by atoms with Crippen molar-refractivity contribution in [2.75, 3.05) is 6.54 Å². The van der Waals surface area contributed by atoms with Crippen LogP contribution < -0.4 is 5.32 Å². The summed E-state index contributed by atoms with van der Waals surface area (Å²) in [6, 6.07) is 1.48. The number of alkyl halides is 1. The topological polar surface area (TPSA) is 24.9 Å². The molecule has 0 saturated carbocycles. The summed E-state index contributed by atoms with van der Waals surface area (Å²) >= 11 is 6.12. The van der Waals surface area contributed by atoms with E-state index in [0.717, 1.165) is 18.5 Å². The van der Waals surface area contributed by atoms with Crippen molar-refractivity contribution in [3.63, 3.8) is 0 Å². The Morgan fingerprint density at radius 2 is 2.19 bits per heavy atom. The highest BCUT2D eigenvalue weighted by atomic mass is 35.5. The average Bonchev–Trinajstić information content (AvgIpc) is 2.16. The zero-order valence-corrected chi connectivity index (χ0v) is 10.5. The number of nitrogens with zero attached hydrogens (tertiary/aromatic N) is 1. The molecule has 16 heavy (non-hydrogen) atoms. The maximum absolute atomic E-state index is 12.8. The highest BCUT2D eigenvalue weighted by Gasteiger charge is 2.06. The molecule has 2 nitrogen and oxygen atoms in total. The van der Waals surface area contributed by atoms with Gasteiger partial charge in [0.05, 0.1) is 6.20 Å². The maximum Gasteiger partial charge on any atom is 0.141 e. The predicted octanol–water partition coefficient (Wildman–Crippen LogP) is 2.96. The monoisotopic (exact) mass is 244 g/mol. The van der Waals surface area contributed by atoms with Gasteiger partial charge in [0.25, 0.3) is 0 Å². The number of pyridine rings is 1. The van der Waals surface area contributed by atoms with E-state index in [4.69, 9.17) is 11.6 Å². The summed E-state index contributed by atoms with van der Waals surface area (Å²) in [7, 11) is 0. The zero-order valence-electron chi connectivity index (χ0n) is 9.71. The normalized spacial score (nSPS) is 13.1. The van der Waals surface area contributed by atoms with Crippen LogP contribution in [0, 0.1) is 11.7 Å². The van der Waals surface area contributed by atoms with E-state index >= 15 is 0 Å². The minimum absolute atomic E-state index is 0.126. The first-order valence-electron chi connectivity index (χ1n) is 5.52. The van der Waals surface area contributed by atoms with Gasteiger partial charge in [-0.3, -0.25) is 4.98 Å². The summed E-state index contributed by atoms with van der Waals surface area (Å²) in [5, 5.41) is 3.32. The molecule has 0 fully saturated rings. The third-order valence-electron chi connectivity index (χ3n) is 2.18. The van der Waals surface area contributed by atoms with Crippen LogP contribution in [-0.4, -0.2) is 16.9 Å². The fourth-order valence-electron chi connectivity index (χ4n) is 1.52. The van der Waals surface area contributed by atoms with E-state index in [0.29, 0.717) is 12.5 Å². The highest BCUT2D eigenvalue weighted by Crippen LogP contribution is 2.09. The second-order valence-corrected chi connectivity index (χ2v) is 4.99. The summed E-state index contributed by atoms with van der Waals surface area (Å²) in [4.78, 5) is 3.78. The third kappa shape index (κ3) is 5.42. The fourth-order valence-corrected chi connectivity index (χ4v) is 1.99. The first-order valence-corrected chi connectivity index (χ1v) is 5.95. The van der Waals surface area contributed by atoms with Crippen LogP contribution in [0.4, 0.5) is 4.39 Å². The Morgan fingerprint density at radius 1 is 1.44 bits per heavy atom. The first-order chi connectivity index (χ1) is 7.58. The molecule has 1 aromatic heterocycles. The highest BCUT2D eigenvalue weighted by molar-refractivity contribution is 6.20. The van der Waals surface area contributed by atoms with Gasteiger partial charge in [0.1, 0.15) is 5.82 Å². The second-order valence-electron chi connectivity index (χ2n) is 4.37. The van der Waals surface area contributed by atoms with Crippen LogP contribution in [0.2, 0.25) is 0 Å². The van der Waals surface area contributed by atoms with Gasteiger partial charge >= 0.3 is 0 Å². The smallest absolute Gasteiger partial charge is 0.141 e. The van der Waals surface area contributed by atoms with Gasteiger partial charge in [-0.15, -0.1) is 11.6 Å². The molecule has 0 saturated heterocycles. The summed E-state index contributed by atoms with van der Waals surface area (Å²) in [6.07, 6.45) is 3.84. The maximum atomic E-state index is 12.8. The number of nitrogens with one attached hydrogen (secondary N) is 1. The number of aromatic nitrogens is 1. The molecule has 1 heterocycles. The lowest BCUT2D eigenvalue weighted by molar-refractivity contribution is 0.532. The largest absolute Gasteiger partial charge is 0.311 e. The molecule has 1 rings (SSSR count). The average molecular weight is 245 g/mol. The predicted molar refractivity (Wildman–Crippen MR) is 65.0 cm³/mol. The second kappa shape index (κ2) is 6.81. The van der Waals surface area contributed by atoms with Crippen molar-refractivity contribution in [1.82, 2.24) is 10.3 Å². The van der Waals surface area contributed by atoms with Crippen molar-refractivity contribution in [2.24, 2.45) is 5.92 Å². The summed E-state index contributed by atoms with van der Waals surface area (Å²) in [5.41, 5.74) is 0.841. The van der Waals surface area contributed by atoms with Crippen LogP contribution in [-0.2, 0) is 6.54 Å². The Morgan fingerprint density at radius 3 is 2.81 bits per heavy atom. The van der Waals surface area contributed by atoms with Crippen molar-refractivity contribution in [3.8, 4) is 0 Å². The number of rotatable bonds is 6. The minimum atomic E-state index is -0.302. The minimum Gasteiger partial charge on any atom is -0.311 e. The van der Waals surface area contributed by atoms with Gasteiger partial charge in [0, 0.05) is 24.7 Å². The molecule has 1 unspecified atom stereocenters. The third-order valence-corrected chi connectivity index (χ3v) is 2.52. The van der Waals surface area contributed by atoms with Crippen molar-refractivity contribution >= 4 is 11.6 Å². The first kappa shape index (κ1) is 13.4. The summed E-state index contributed by atoms with van der Waals surface area (Å²) in [6.45, 7) is 5.63. The van der Waals surface area contributed by atoms with Gasteiger partial charge in [-0.25, -0.2) is 4.39 Å². The van der Waals surface area contributed by atoms with E-state index in [2.05, 4.69) is 24.1 Å². The van der Waals surface area contributed by atoms with E-state index in [1.807, 2.05) is 0 Å². The van der Waals surface area contributed by atoms with Crippen LogP contribution in [0.3, 0.4) is 0 Å². The van der Waals surface area contributed by atoms with Crippen LogP contribution in [0.5, 0.6) is 0 Å². The molecular weight excluding hydrogens is 227 g/mol. The molecule has 4 heteroatoms. The number of hydrogen-bond donors (Lipinski definition) is 1. The Labute approximate surface area is 101 Å². The molecule has 0 spiro atoms. The lowest BCUT2D eigenvalue weighted by Crippen LogP contribution is -2.24. The molecule has 0 aliphatic carbocycles. The Bertz CT molecular complexity index is 318. The zero-order chi connectivity index (χ0) is 12.0. The lowest BCUT2D eigenvalue weighted by atomic mass is 10.1. The van der Waals surface area contributed by atoms with Gasteiger partial charge in [0.2, 0.25) is 0 Å². The standard InChI is InChI=1S/C12H18ClFN2/c1-9(2)3-11(13)7-15-5-10-4-12(14)8-16-6-10/h4,6,8-9,11,15H,3,5,7H2,1-2H3. The van der Waals surface area contributed by atoms with Crippen LogP contribution in [0.1, 0.15) is 25.8 Å². The van der Waals surface area contributed by atoms with E-state index < -0.39 is 0 Å². The van der Waals surface area contributed by atoms with Gasteiger partial charge in [-0.2, -0.15) is 0 Å². The molecule has 1 aromatic rings. The Kier molecular flexibility index (Phi) is 5.71. The number of halogens is 2. The molecule has 1 N–H and O–H groups in total. The molecule has 0 bridgehead atoms. The van der Waals surface area contributed by atoms with Crippen LogP contribution in [0.15, 0.2) is 18.5 Å². The van der Waals surface area contributed by atoms with E-state index in [1.54, 1.807) is 6.20 Å². The lowest BCUT2D eigenvalue weighted by Gasteiger charge is -2.12. The summed E-state index contributed by atoms with van der Waals surface area (Å²) in [5.74, 6) is 0.295. The molecule has 0 radical (unpaired) electrons. The quantitative estimate of drug-likeness (QED) is 0.779. The van der Waals surface area contributed by atoms with Crippen LogP contribution >= 0.6 is 11.6 Å². The van der Waals surface area contributed by atoms with Gasteiger partial charge in [0.15, 0.2) is 0 Å². The molecule has 1 atom stereocenters. The Balaban J connectivity index is 2.25. The molecule has 0 aromatic carbocycles. The van der Waals surface area contributed by atoms with Crippen molar-refractivity contribution in [2.45, 2.75) is 32.2 Å². The SMILES string of the molecule is CC(C)CC(Cl)CNCc1cncc(F)c1. The van der Waals surface area contributed by atoms with E-state index in [-0.39, 0.29) is 11.2 Å². The number of hydrogen-bond acceptors (Lipinski definition) is 2. The van der Waals surface area contributed by atoms with Gasteiger partial charge < -0.3 is 5.32 Å². The molecular formula is C12H18ClFN2. The molecule has 0 aliphatic heterocycles. The van der Waals surface area contributed by atoms with Crippen molar-refractivity contribution < 1.29 is 4.39 Å². The van der Waals surface area contributed by atoms with Gasteiger partial charge in [-0.05, 0) is 24.0 Å². The van der Waals surface area contributed by atoms with E-state index in [1.165, 1.54) is 12.3 Å². The van der Waals surface area contributed by atoms with Gasteiger partial charge in [-0.1, -0.05) is 13.8 Å². The summed E-state index contributed by atoms with van der Waals surface area (Å²) < 4.78 is 12.8. The van der Waals surface area contributed by atoms with Crippen LogP contribution in [0.25, 0.3) is 0 Å². The van der Waals surface area contributed by atoms with Crippen molar-refractivity contribution in [1.29, 1.82) is 0 Å². The van der Waals surface area contributed by atoms with E-state index in [9.17, 15) is 4.39 Å².